The zero-order chi connectivity index (χ0) is 13.2. The van der Waals surface area contributed by atoms with E-state index in [1.165, 1.54) is 6.08 Å². The molecule has 0 bridgehead atoms. The molecule has 18 heavy (non-hydrogen) atoms. The molecule has 0 aliphatic heterocycles. The van der Waals surface area contributed by atoms with Gasteiger partial charge in [0.15, 0.2) is 0 Å². The first-order valence-corrected chi connectivity index (χ1v) is 6.25. The molecule has 0 fully saturated rings. The van der Waals surface area contributed by atoms with Gasteiger partial charge in [-0.2, -0.15) is 13.2 Å². The van der Waals surface area contributed by atoms with Crippen LogP contribution in [-0.2, 0) is 5.54 Å². The highest BCUT2D eigenvalue weighted by Gasteiger charge is 2.42. The average Bonchev–Trinajstić information content (AvgIpc) is 2.32. The van der Waals surface area contributed by atoms with Gasteiger partial charge in [-0.05, 0) is 17.3 Å². The summed E-state index contributed by atoms with van der Waals surface area (Å²) in [5.74, 6) is 0. The van der Waals surface area contributed by atoms with Crippen LogP contribution in [0.2, 0.25) is 0 Å². The maximum atomic E-state index is 12.5. The summed E-state index contributed by atoms with van der Waals surface area (Å²) in [6, 6.07) is 8.83. The molecule has 0 aromatic heterocycles. The molecule has 2 unspecified atom stereocenters. The van der Waals surface area contributed by atoms with Gasteiger partial charge in [0.1, 0.15) is 0 Å². The van der Waals surface area contributed by atoms with Crippen molar-refractivity contribution in [2.24, 2.45) is 5.73 Å². The number of allylic oxidation sites excluding steroid dienone is 2. The topological polar surface area (TPSA) is 26.0 Å². The molecule has 5 heteroatoms. The van der Waals surface area contributed by atoms with Gasteiger partial charge in [-0.15, -0.1) is 0 Å². The van der Waals surface area contributed by atoms with E-state index in [9.17, 15) is 13.2 Å². The number of rotatable bonds is 2. The van der Waals surface area contributed by atoms with Crippen LogP contribution < -0.4 is 5.73 Å². The van der Waals surface area contributed by atoms with Crippen molar-refractivity contribution in [3.05, 3.63) is 60.2 Å². The van der Waals surface area contributed by atoms with E-state index in [0.717, 1.165) is 0 Å². The quantitative estimate of drug-likeness (QED) is 0.889. The molecule has 0 amide bonds. The van der Waals surface area contributed by atoms with Gasteiger partial charge in [-0.25, -0.2) is 0 Å². The Hall–Kier alpha value is -1.20. The summed E-state index contributed by atoms with van der Waals surface area (Å²) >= 11 is -0.0836. The maximum Gasteiger partial charge on any atom is 0.442 e. The predicted molar refractivity (Wildman–Crippen MR) is 68.0 cm³/mol. The molecule has 2 atom stereocenters. The average molecular weight is 271 g/mol. The van der Waals surface area contributed by atoms with E-state index in [0.29, 0.717) is 5.56 Å². The van der Waals surface area contributed by atoms with E-state index in [4.69, 9.17) is 5.73 Å². The Labute approximate surface area is 108 Å². The van der Waals surface area contributed by atoms with Crippen LogP contribution in [0.1, 0.15) is 5.56 Å². The van der Waals surface area contributed by atoms with E-state index in [-0.39, 0.29) is 11.8 Å². The highest BCUT2D eigenvalue weighted by Crippen LogP contribution is 2.43. The predicted octanol–water partition coefficient (Wildman–Crippen LogP) is 3.59. The Bertz CT molecular complexity index is 467. The Kier molecular flexibility index (Phi) is 3.54. The van der Waals surface area contributed by atoms with Crippen molar-refractivity contribution >= 4 is 11.8 Å². The van der Waals surface area contributed by atoms with Crippen molar-refractivity contribution in [1.29, 1.82) is 0 Å². The first kappa shape index (κ1) is 13.2. The normalized spacial score (nSPS) is 27.4. The largest absolute Gasteiger partial charge is 0.442 e. The lowest BCUT2D eigenvalue weighted by Crippen LogP contribution is -2.45. The van der Waals surface area contributed by atoms with Gasteiger partial charge in [-0.1, -0.05) is 54.6 Å². The molecule has 0 saturated carbocycles. The fourth-order valence-corrected chi connectivity index (χ4v) is 2.77. The molecule has 0 spiro atoms. The summed E-state index contributed by atoms with van der Waals surface area (Å²) in [5, 5.41) is -0.857. The van der Waals surface area contributed by atoms with Gasteiger partial charge >= 0.3 is 5.51 Å². The second kappa shape index (κ2) is 4.82. The molecule has 1 aromatic carbocycles. The lowest BCUT2D eigenvalue weighted by atomic mass is 9.84. The number of alkyl halides is 3. The number of halogens is 3. The number of thioether (sulfide) groups is 1. The van der Waals surface area contributed by atoms with Crippen molar-refractivity contribution in [2.75, 3.05) is 0 Å². The molecular weight excluding hydrogens is 259 g/mol. The van der Waals surface area contributed by atoms with Crippen molar-refractivity contribution in [3.63, 3.8) is 0 Å². The van der Waals surface area contributed by atoms with E-state index < -0.39 is 16.3 Å². The van der Waals surface area contributed by atoms with Gasteiger partial charge in [0.05, 0.1) is 10.8 Å². The molecule has 0 heterocycles. The van der Waals surface area contributed by atoms with Crippen LogP contribution in [0.3, 0.4) is 0 Å². The lowest BCUT2D eigenvalue weighted by molar-refractivity contribution is -0.0334. The minimum Gasteiger partial charge on any atom is -0.317 e. The summed E-state index contributed by atoms with van der Waals surface area (Å²) in [7, 11) is 0. The standard InChI is InChI=1S/C13H12F3NS/c14-13(15,16)18-11-8-4-5-9-12(11,17)10-6-2-1-3-7-10/h1-9,11H,17H2. The Morgan fingerprint density at radius 1 is 1.11 bits per heavy atom. The smallest absolute Gasteiger partial charge is 0.317 e. The molecule has 0 saturated heterocycles. The zero-order valence-corrected chi connectivity index (χ0v) is 10.2. The SMILES string of the molecule is NC1(c2ccccc2)C=CC=CC1SC(F)(F)F. The van der Waals surface area contributed by atoms with E-state index in [2.05, 4.69) is 0 Å². The monoisotopic (exact) mass is 271 g/mol. The fourth-order valence-electron chi connectivity index (χ4n) is 1.90. The summed E-state index contributed by atoms with van der Waals surface area (Å²) in [5.41, 5.74) is 1.41. The number of hydrogen-bond acceptors (Lipinski definition) is 2. The molecule has 1 aromatic rings. The van der Waals surface area contributed by atoms with Crippen LogP contribution in [0, 0.1) is 0 Å². The first-order valence-electron chi connectivity index (χ1n) is 5.37. The summed E-state index contributed by atoms with van der Waals surface area (Å²) in [6.07, 6.45) is 6.38. The Morgan fingerprint density at radius 3 is 2.39 bits per heavy atom. The van der Waals surface area contributed by atoms with E-state index in [1.807, 2.05) is 0 Å². The van der Waals surface area contributed by atoms with Crippen LogP contribution in [0.4, 0.5) is 13.2 Å². The van der Waals surface area contributed by atoms with Gasteiger partial charge in [-0.3, -0.25) is 0 Å². The summed E-state index contributed by atoms with van der Waals surface area (Å²) in [4.78, 5) is 0. The third kappa shape index (κ3) is 2.79. The summed E-state index contributed by atoms with van der Waals surface area (Å²) in [6.45, 7) is 0. The van der Waals surface area contributed by atoms with Crippen molar-refractivity contribution in [2.45, 2.75) is 16.3 Å². The van der Waals surface area contributed by atoms with E-state index >= 15 is 0 Å². The first-order chi connectivity index (χ1) is 8.42. The van der Waals surface area contributed by atoms with Crippen molar-refractivity contribution in [3.8, 4) is 0 Å². The minimum absolute atomic E-state index is 0.0836. The van der Waals surface area contributed by atoms with Gasteiger partial charge < -0.3 is 5.73 Å². The Morgan fingerprint density at radius 2 is 1.78 bits per heavy atom. The van der Waals surface area contributed by atoms with E-state index in [1.54, 1.807) is 48.6 Å². The number of benzene rings is 1. The third-order valence-corrected chi connectivity index (χ3v) is 3.84. The fraction of sp³-hybridized carbons (Fsp3) is 0.231. The number of nitrogens with two attached hydrogens (primary N) is 1. The molecule has 1 aliphatic carbocycles. The second-order valence-electron chi connectivity index (χ2n) is 4.03. The van der Waals surface area contributed by atoms with Crippen LogP contribution in [0.5, 0.6) is 0 Å². The molecule has 2 rings (SSSR count). The third-order valence-electron chi connectivity index (χ3n) is 2.77. The zero-order valence-electron chi connectivity index (χ0n) is 9.39. The van der Waals surface area contributed by atoms with Gasteiger partial charge in [0.2, 0.25) is 0 Å². The van der Waals surface area contributed by atoms with Crippen LogP contribution in [0.15, 0.2) is 54.6 Å². The van der Waals surface area contributed by atoms with Crippen LogP contribution >= 0.6 is 11.8 Å². The highest BCUT2D eigenvalue weighted by molar-refractivity contribution is 8.01. The molecule has 96 valence electrons. The van der Waals surface area contributed by atoms with Crippen molar-refractivity contribution in [1.82, 2.24) is 0 Å². The maximum absolute atomic E-state index is 12.5. The van der Waals surface area contributed by atoms with Gasteiger partial charge in [0, 0.05) is 0 Å². The molecule has 2 N–H and O–H groups in total. The lowest BCUT2D eigenvalue weighted by Gasteiger charge is -2.35. The molecular formula is C13H12F3NS. The highest BCUT2D eigenvalue weighted by atomic mass is 32.2. The van der Waals surface area contributed by atoms with Crippen molar-refractivity contribution < 1.29 is 13.2 Å². The molecule has 1 nitrogen and oxygen atoms in total. The minimum atomic E-state index is -4.31. The Balaban J connectivity index is 2.34. The van der Waals surface area contributed by atoms with Crippen LogP contribution in [-0.4, -0.2) is 10.8 Å². The molecule has 1 aliphatic rings. The molecule has 0 radical (unpaired) electrons. The number of hydrogen-bond donors (Lipinski definition) is 1. The van der Waals surface area contributed by atoms with Gasteiger partial charge in [0.25, 0.3) is 0 Å². The summed E-state index contributed by atoms with van der Waals surface area (Å²) < 4.78 is 37.6. The second-order valence-corrected chi connectivity index (χ2v) is 5.23. The van der Waals surface area contributed by atoms with Crippen LogP contribution in [0.25, 0.3) is 0 Å².